The van der Waals surface area contributed by atoms with Crippen LogP contribution in [0.5, 0.6) is 5.88 Å². The average molecular weight is 443 g/mol. The summed E-state index contributed by atoms with van der Waals surface area (Å²) in [7, 11) is 1.66. The van der Waals surface area contributed by atoms with Crippen LogP contribution in [0, 0.1) is 0 Å². The van der Waals surface area contributed by atoms with E-state index in [1.807, 2.05) is 47.8 Å². The molecule has 1 saturated heterocycles. The van der Waals surface area contributed by atoms with Gasteiger partial charge in [0.25, 0.3) is 0 Å². The second kappa shape index (κ2) is 8.94. The topological polar surface area (TPSA) is 69.0 Å². The molecule has 168 valence electrons. The van der Waals surface area contributed by atoms with E-state index in [9.17, 15) is 4.79 Å². The Morgan fingerprint density at radius 2 is 2.18 bits per heavy atom. The number of ether oxygens (including phenoxy) is 2. The molecule has 0 bridgehead atoms. The summed E-state index contributed by atoms with van der Waals surface area (Å²) < 4.78 is 13.9. The third kappa shape index (κ3) is 4.02. The largest absolute Gasteiger partial charge is 0.497 e. The first-order valence-corrected chi connectivity index (χ1v) is 11.1. The number of pyridine rings is 1. The summed E-state index contributed by atoms with van der Waals surface area (Å²) in [5.74, 6) is 1.59. The zero-order valence-corrected chi connectivity index (χ0v) is 18.6. The average Bonchev–Trinajstić information content (AvgIpc) is 3.50. The fourth-order valence-electron chi connectivity index (χ4n) is 4.67. The third-order valence-electron chi connectivity index (χ3n) is 6.32. The van der Waals surface area contributed by atoms with Gasteiger partial charge in [-0.15, -0.1) is 0 Å². The molecule has 0 saturated carbocycles. The molecule has 1 aliphatic heterocycles. The molecule has 2 unspecified atom stereocenters. The van der Waals surface area contributed by atoms with Gasteiger partial charge in [-0.25, -0.2) is 9.97 Å². The Labute approximate surface area is 192 Å². The number of fused-ring (bicyclic) bond motifs is 1. The maximum absolute atomic E-state index is 12.1. The minimum atomic E-state index is -0.231. The number of rotatable bonds is 6. The molecule has 1 amide bonds. The first kappa shape index (κ1) is 21.0. The molecular weight excluding hydrogens is 416 g/mol. The van der Waals surface area contributed by atoms with Crippen molar-refractivity contribution in [2.24, 2.45) is 0 Å². The molecule has 0 aromatic carbocycles. The van der Waals surface area contributed by atoms with E-state index in [-0.39, 0.29) is 17.9 Å². The summed E-state index contributed by atoms with van der Waals surface area (Å²) in [5.41, 5.74) is 4.44. The number of allylic oxidation sites excluding steroid dienone is 2. The van der Waals surface area contributed by atoms with Gasteiger partial charge in [-0.3, -0.25) is 4.79 Å². The van der Waals surface area contributed by atoms with Crippen LogP contribution in [0.4, 0.5) is 0 Å². The van der Waals surface area contributed by atoms with Crippen LogP contribution >= 0.6 is 0 Å². The van der Waals surface area contributed by atoms with Crippen molar-refractivity contribution in [1.29, 1.82) is 0 Å². The van der Waals surface area contributed by atoms with Gasteiger partial charge < -0.3 is 18.8 Å². The standard InChI is InChI=1S/C26H26N4O3/c1-3-26(31)29-13-10-19(16-29)20-15-22(30-17-27-12-9-21(20)30)18-7-8-23(24(14-18)32-2)33-25-6-4-5-11-28-25/h3-7,9,11-12,14-15,17,19,23H,1,8,10,13,16H2,2H3. The molecule has 0 spiro atoms. The lowest BCUT2D eigenvalue weighted by Crippen LogP contribution is -2.26. The number of likely N-dealkylation sites (tertiary alicyclic amines) is 1. The Hall–Kier alpha value is -3.87. The lowest BCUT2D eigenvalue weighted by atomic mass is 9.97. The molecule has 2 aliphatic rings. The second-order valence-electron chi connectivity index (χ2n) is 8.21. The highest BCUT2D eigenvalue weighted by Gasteiger charge is 2.30. The van der Waals surface area contributed by atoms with Crippen molar-refractivity contribution in [1.82, 2.24) is 19.3 Å². The van der Waals surface area contributed by atoms with Crippen molar-refractivity contribution < 1.29 is 14.3 Å². The number of methoxy groups -OCH3 is 1. The van der Waals surface area contributed by atoms with Gasteiger partial charge in [0, 0.05) is 43.9 Å². The van der Waals surface area contributed by atoms with E-state index in [0.29, 0.717) is 18.8 Å². The van der Waals surface area contributed by atoms with Crippen LogP contribution in [0.1, 0.15) is 30.0 Å². The lowest BCUT2D eigenvalue weighted by molar-refractivity contribution is -0.125. The number of carbonyl (C=O) groups excluding carboxylic acids is 1. The van der Waals surface area contributed by atoms with Gasteiger partial charge in [0.2, 0.25) is 11.8 Å². The van der Waals surface area contributed by atoms with Gasteiger partial charge in [-0.05, 0) is 47.9 Å². The van der Waals surface area contributed by atoms with Crippen LogP contribution in [-0.2, 0) is 9.53 Å². The van der Waals surface area contributed by atoms with Crippen LogP contribution in [0.25, 0.3) is 11.1 Å². The molecule has 3 aromatic rings. The van der Waals surface area contributed by atoms with Crippen molar-refractivity contribution in [3.8, 4) is 5.88 Å². The number of hydrogen-bond acceptors (Lipinski definition) is 5. The highest BCUT2D eigenvalue weighted by Crippen LogP contribution is 2.36. The summed E-state index contributed by atoms with van der Waals surface area (Å²) in [4.78, 5) is 22.6. The van der Waals surface area contributed by atoms with Crippen molar-refractivity contribution in [2.45, 2.75) is 24.9 Å². The highest BCUT2D eigenvalue weighted by molar-refractivity contribution is 5.87. The van der Waals surface area contributed by atoms with Crippen molar-refractivity contribution in [3.05, 3.63) is 90.9 Å². The van der Waals surface area contributed by atoms with Gasteiger partial charge in [0.05, 0.1) is 24.6 Å². The molecule has 2 atom stereocenters. The van der Waals surface area contributed by atoms with E-state index in [1.54, 1.807) is 13.3 Å². The van der Waals surface area contributed by atoms with Crippen LogP contribution in [0.3, 0.4) is 0 Å². The first-order valence-electron chi connectivity index (χ1n) is 11.1. The minimum Gasteiger partial charge on any atom is -0.497 e. The van der Waals surface area contributed by atoms with Gasteiger partial charge >= 0.3 is 0 Å². The molecule has 33 heavy (non-hydrogen) atoms. The lowest BCUT2D eigenvalue weighted by Gasteiger charge is -2.23. The quantitative estimate of drug-likeness (QED) is 0.540. The first-order chi connectivity index (χ1) is 16.2. The molecule has 1 aliphatic carbocycles. The Bertz CT molecular complexity index is 1240. The van der Waals surface area contributed by atoms with Gasteiger partial charge in [0.15, 0.2) is 6.10 Å². The molecule has 7 heteroatoms. The monoisotopic (exact) mass is 442 g/mol. The number of nitrogens with zero attached hydrogens (tertiary/aromatic N) is 4. The summed E-state index contributed by atoms with van der Waals surface area (Å²) in [6.45, 7) is 5.07. The molecule has 1 fully saturated rings. The summed E-state index contributed by atoms with van der Waals surface area (Å²) in [6.07, 6.45) is 12.3. The zero-order valence-electron chi connectivity index (χ0n) is 18.6. The minimum absolute atomic E-state index is 0.00971. The van der Waals surface area contributed by atoms with E-state index in [4.69, 9.17) is 9.47 Å². The van der Waals surface area contributed by atoms with Crippen molar-refractivity contribution in [2.75, 3.05) is 20.2 Å². The van der Waals surface area contributed by atoms with Gasteiger partial charge in [-0.2, -0.15) is 0 Å². The van der Waals surface area contributed by atoms with E-state index >= 15 is 0 Å². The fraction of sp³-hybridized carbons (Fsp3) is 0.269. The van der Waals surface area contributed by atoms with E-state index in [1.165, 1.54) is 11.6 Å². The van der Waals surface area contributed by atoms with Gasteiger partial charge in [-0.1, -0.05) is 18.7 Å². The Kier molecular flexibility index (Phi) is 5.69. The van der Waals surface area contributed by atoms with Gasteiger partial charge in [0.1, 0.15) is 5.76 Å². The molecule has 4 heterocycles. The maximum atomic E-state index is 12.1. The van der Waals surface area contributed by atoms with Crippen LogP contribution in [-0.4, -0.2) is 51.5 Å². The Morgan fingerprint density at radius 3 is 2.97 bits per heavy atom. The summed E-state index contributed by atoms with van der Waals surface area (Å²) in [6, 6.07) is 9.86. The van der Waals surface area contributed by atoms with Crippen molar-refractivity contribution >= 4 is 17.0 Å². The maximum Gasteiger partial charge on any atom is 0.245 e. The molecular formula is C26H26N4O3. The molecule has 3 aromatic heterocycles. The second-order valence-corrected chi connectivity index (χ2v) is 8.21. The summed E-state index contributed by atoms with van der Waals surface area (Å²) in [5, 5.41) is 0. The zero-order chi connectivity index (χ0) is 22.8. The number of carbonyl (C=O) groups is 1. The van der Waals surface area contributed by atoms with E-state index in [0.717, 1.165) is 35.5 Å². The number of aromatic nitrogens is 3. The number of amides is 1. The Morgan fingerprint density at radius 1 is 1.27 bits per heavy atom. The van der Waals surface area contributed by atoms with Crippen LogP contribution in [0.2, 0.25) is 0 Å². The molecule has 0 radical (unpaired) electrons. The van der Waals surface area contributed by atoms with Crippen molar-refractivity contribution in [3.63, 3.8) is 0 Å². The van der Waals surface area contributed by atoms with Crippen LogP contribution < -0.4 is 4.74 Å². The molecule has 7 nitrogen and oxygen atoms in total. The van der Waals surface area contributed by atoms with Crippen LogP contribution in [0.15, 0.2) is 79.6 Å². The predicted molar refractivity (Wildman–Crippen MR) is 126 cm³/mol. The summed E-state index contributed by atoms with van der Waals surface area (Å²) >= 11 is 0. The van der Waals surface area contributed by atoms with E-state index < -0.39 is 0 Å². The normalized spacial score (nSPS) is 20.3. The highest BCUT2D eigenvalue weighted by atomic mass is 16.5. The molecule has 0 N–H and O–H groups in total. The SMILES string of the molecule is C=CC(=O)N1CCC(c2cc(C3=CCC(Oc4ccccn4)C(OC)=C3)n3cnccc23)C1. The molecule has 5 rings (SSSR count). The number of hydrogen-bond donors (Lipinski definition) is 0. The predicted octanol–water partition coefficient (Wildman–Crippen LogP) is 4.00. The third-order valence-corrected chi connectivity index (χ3v) is 6.32. The fourth-order valence-corrected chi connectivity index (χ4v) is 4.67. The van der Waals surface area contributed by atoms with E-state index in [2.05, 4.69) is 33.1 Å². The Balaban J connectivity index is 1.45. The smallest absolute Gasteiger partial charge is 0.245 e.